The fourth-order valence-electron chi connectivity index (χ4n) is 9.58. The molecule has 288 valence electrons. The third-order valence-electron chi connectivity index (χ3n) is 11.7. The molecule has 4 unspecified atom stereocenters. The van der Waals surface area contributed by atoms with E-state index in [2.05, 4.69) is 97.9 Å². The number of likely N-dealkylation sites (N-methyl/N-ethyl adjacent to an activating group) is 1. The molecular weight excluding hydrogens is 691 g/mol. The predicted molar refractivity (Wildman–Crippen MR) is 202 cm³/mol. The summed E-state index contributed by atoms with van der Waals surface area (Å²) in [6, 6.07) is -0.119. The van der Waals surface area contributed by atoms with Crippen LogP contribution in [0, 0.1) is 23.7 Å². The smallest absolute Gasteiger partial charge is 0.311 e. The SMILES string of the molecule is CC[C@H]1OC(=O)[C@H](C)[C@@H](O[Si](C)(C)C)[C@H](C)[C@@H](O[C@@H]2O[C@H](C)C[C@H](N(C)C)[C@@H]2O[Si](C)(C)C)[C@@]2(C)C[C@@H](C)C3(OC1(C)C1[NH+]=C(N)SCC13)O2. The molecule has 5 aliphatic heterocycles. The van der Waals surface area contributed by atoms with Crippen molar-refractivity contribution in [2.45, 2.75) is 173 Å². The summed E-state index contributed by atoms with van der Waals surface area (Å²) in [7, 11) is -0.00235. The molecule has 3 N–H and O–H groups in total. The van der Waals surface area contributed by atoms with Crippen molar-refractivity contribution in [1.29, 1.82) is 0 Å². The van der Waals surface area contributed by atoms with E-state index in [1.54, 1.807) is 11.8 Å². The molecule has 5 rings (SSSR count). The van der Waals surface area contributed by atoms with Gasteiger partial charge in [0.2, 0.25) is 0 Å². The van der Waals surface area contributed by atoms with E-state index in [1.807, 2.05) is 13.8 Å². The van der Waals surface area contributed by atoms with Crippen LogP contribution in [-0.2, 0) is 37.3 Å². The Labute approximate surface area is 308 Å². The van der Waals surface area contributed by atoms with E-state index in [0.717, 1.165) is 12.2 Å². The van der Waals surface area contributed by atoms with Crippen LogP contribution < -0.4 is 10.7 Å². The molecule has 0 amide bonds. The van der Waals surface area contributed by atoms with Crippen LogP contribution in [0.1, 0.15) is 67.7 Å². The molecule has 3 bridgehead atoms. The standard InChI is InChI=1S/C36H67N3O8SSi2/c1-16-26-35(7)29-24(19-48-33(37)38-29)36(47-35)20(2)18-34(6,46-36)30(22(4)27(44-49(10,11)12)23(5)31(40)42-26)43-32-28(45-50(13,14)15)25(39(8)9)17-21(3)41-32/h20-30,32H,16-19H2,1-15H3,(H2,37,38)/p+1/t20-,21-,22+,23-,24?,25+,26-,27+,28+,29?,30-,32+,34-,35?,36?/m1/s1. The Morgan fingerprint density at radius 3 is 2.20 bits per heavy atom. The second-order valence-corrected chi connectivity index (χ2v) is 28.4. The maximum Gasteiger partial charge on any atom is 0.311 e. The Kier molecular flexibility index (Phi) is 11.6. The molecule has 50 heavy (non-hydrogen) atoms. The number of carbonyl (C=O) groups excluding carboxylic acids is 1. The number of nitrogens with one attached hydrogen (secondary N) is 1. The number of nitrogens with two attached hydrogens (primary N) is 1. The highest BCUT2D eigenvalue weighted by Crippen LogP contribution is 2.59. The lowest BCUT2D eigenvalue weighted by Crippen LogP contribution is -2.89. The van der Waals surface area contributed by atoms with E-state index >= 15 is 0 Å². The summed E-state index contributed by atoms with van der Waals surface area (Å²) < 4.78 is 49.4. The van der Waals surface area contributed by atoms with Crippen LogP contribution in [0.2, 0.25) is 39.3 Å². The van der Waals surface area contributed by atoms with Crippen molar-refractivity contribution in [3.8, 4) is 0 Å². The molecule has 15 atom stereocenters. The second kappa shape index (κ2) is 14.3. The molecule has 5 heterocycles. The van der Waals surface area contributed by atoms with E-state index in [0.29, 0.717) is 18.0 Å². The van der Waals surface area contributed by atoms with Crippen molar-refractivity contribution in [3.63, 3.8) is 0 Å². The van der Waals surface area contributed by atoms with Crippen LogP contribution in [0.5, 0.6) is 0 Å². The van der Waals surface area contributed by atoms with Crippen LogP contribution in [0.25, 0.3) is 0 Å². The average molecular weight is 759 g/mol. The van der Waals surface area contributed by atoms with Gasteiger partial charge in [0.25, 0.3) is 0 Å². The Morgan fingerprint density at radius 2 is 1.62 bits per heavy atom. The average Bonchev–Trinajstić information content (AvgIpc) is 3.39. The van der Waals surface area contributed by atoms with Gasteiger partial charge in [-0.15, -0.1) is 0 Å². The van der Waals surface area contributed by atoms with Crippen molar-refractivity contribution < 1.29 is 42.3 Å². The summed E-state index contributed by atoms with van der Waals surface area (Å²) >= 11 is 1.59. The van der Waals surface area contributed by atoms with Crippen LogP contribution in [0.3, 0.4) is 0 Å². The fraction of sp³-hybridized carbons (Fsp3) is 0.944. The normalized spacial score (nSPS) is 47.3. The first-order valence-electron chi connectivity index (χ1n) is 18.9. The summed E-state index contributed by atoms with van der Waals surface area (Å²) in [5.74, 6) is -1.44. The van der Waals surface area contributed by atoms with Gasteiger partial charge >= 0.3 is 11.1 Å². The maximum absolute atomic E-state index is 14.4. The van der Waals surface area contributed by atoms with Crippen molar-refractivity contribution in [1.82, 2.24) is 4.90 Å². The minimum Gasteiger partial charge on any atom is -0.459 e. The van der Waals surface area contributed by atoms with Gasteiger partial charge in [-0.05, 0) is 112 Å². The number of hydrogen-bond acceptors (Lipinski definition) is 11. The van der Waals surface area contributed by atoms with Gasteiger partial charge in [0.1, 0.15) is 23.9 Å². The Hall–Kier alpha value is -0.556. The molecule has 0 aromatic rings. The number of hydrogen-bond donors (Lipinski definition) is 2. The Morgan fingerprint density at radius 1 is 1.00 bits per heavy atom. The van der Waals surface area contributed by atoms with Crippen molar-refractivity contribution >= 4 is 39.5 Å². The number of carbonyl (C=O) groups is 1. The van der Waals surface area contributed by atoms with Gasteiger partial charge in [-0.3, -0.25) is 15.5 Å². The molecular formula is C36H68N3O8SSi2+. The van der Waals surface area contributed by atoms with Crippen molar-refractivity contribution in [2.24, 2.45) is 29.4 Å². The molecule has 5 aliphatic rings. The number of fused-ring (bicyclic) bond motifs is 4. The molecule has 0 aromatic heterocycles. The lowest BCUT2D eigenvalue weighted by molar-refractivity contribution is -0.528. The van der Waals surface area contributed by atoms with Crippen LogP contribution in [0.4, 0.5) is 0 Å². The second-order valence-electron chi connectivity index (χ2n) is 18.4. The molecule has 0 saturated carbocycles. The predicted octanol–water partition coefficient (Wildman–Crippen LogP) is 3.91. The van der Waals surface area contributed by atoms with Crippen molar-refractivity contribution in [3.05, 3.63) is 0 Å². The minimum atomic E-state index is -2.18. The molecule has 1 spiro atoms. The third-order valence-corrected chi connectivity index (χ3v) is 14.6. The van der Waals surface area contributed by atoms with Gasteiger partial charge in [-0.1, -0.05) is 20.8 Å². The van der Waals surface area contributed by atoms with Crippen LogP contribution in [-0.4, -0.2) is 118 Å². The van der Waals surface area contributed by atoms with Gasteiger partial charge in [-0.2, -0.15) is 0 Å². The lowest BCUT2D eigenvalue weighted by atomic mass is 9.76. The number of thioether (sulfide) groups is 1. The molecule has 14 heteroatoms. The zero-order valence-electron chi connectivity index (χ0n) is 33.5. The number of cyclic esters (lactones) is 1. The molecule has 0 radical (unpaired) electrons. The summed E-state index contributed by atoms with van der Waals surface area (Å²) in [4.78, 5) is 20.2. The zero-order valence-corrected chi connectivity index (χ0v) is 36.3. The molecule has 11 nitrogen and oxygen atoms in total. The van der Waals surface area contributed by atoms with Gasteiger partial charge in [-0.25, -0.2) is 0 Å². The number of esters is 1. The van der Waals surface area contributed by atoms with E-state index in [4.69, 9.17) is 38.3 Å². The molecule has 4 fully saturated rings. The highest BCUT2D eigenvalue weighted by molar-refractivity contribution is 8.13. The number of rotatable bonds is 8. The number of nitrogens with zero attached hydrogens (tertiary/aromatic N) is 1. The largest absolute Gasteiger partial charge is 0.459 e. The number of amidine groups is 1. The Balaban J connectivity index is 1.67. The summed E-state index contributed by atoms with van der Waals surface area (Å²) in [5, 5.41) is 0.649. The maximum atomic E-state index is 14.4. The van der Waals surface area contributed by atoms with Gasteiger partial charge < -0.3 is 37.4 Å². The monoisotopic (exact) mass is 758 g/mol. The van der Waals surface area contributed by atoms with E-state index in [1.165, 1.54) is 0 Å². The summed E-state index contributed by atoms with van der Waals surface area (Å²) in [6.45, 7) is 27.8. The van der Waals surface area contributed by atoms with Gasteiger partial charge in [0.05, 0.1) is 35.7 Å². The van der Waals surface area contributed by atoms with E-state index in [-0.39, 0.29) is 48.0 Å². The third kappa shape index (κ3) is 7.68. The lowest BCUT2D eigenvalue weighted by Gasteiger charge is -2.50. The van der Waals surface area contributed by atoms with Crippen LogP contribution >= 0.6 is 11.8 Å². The first-order chi connectivity index (χ1) is 22.9. The topological polar surface area (TPSA) is 125 Å². The van der Waals surface area contributed by atoms with E-state index < -0.39 is 64.1 Å². The van der Waals surface area contributed by atoms with E-state index in [9.17, 15) is 4.79 Å². The molecule has 0 aliphatic carbocycles. The van der Waals surface area contributed by atoms with Crippen molar-refractivity contribution in [2.75, 3.05) is 19.8 Å². The highest BCUT2D eigenvalue weighted by Gasteiger charge is 2.73. The highest BCUT2D eigenvalue weighted by atomic mass is 32.2. The fourth-order valence-corrected chi connectivity index (χ4v) is 12.9. The molecule has 0 aromatic carbocycles. The minimum absolute atomic E-state index is 0.000607. The number of ether oxygens (including phenoxy) is 5. The first-order valence-corrected chi connectivity index (χ1v) is 26.7. The van der Waals surface area contributed by atoms with Gasteiger partial charge in [0.15, 0.2) is 28.7 Å². The van der Waals surface area contributed by atoms with Gasteiger partial charge in [0, 0.05) is 23.6 Å². The molecule has 4 saturated heterocycles. The Bertz CT molecular complexity index is 1280. The summed E-state index contributed by atoms with van der Waals surface area (Å²) in [6.07, 6.45) is -0.466. The zero-order chi connectivity index (χ0) is 37.4. The van der Waals surface area contributed by atoms with Crippen LogP contribution in [0.15, 0.2) is 0 Å². The summed E-state index contributed by atoms with van der Waals surface area (Å²) in [5.41, 5.74) is 4.73. The quantitative estimate of drug-likeness (QED) is 0.277. The first kappa shape index (κ1) is 40.6.